The van der Waals surface area contributed by atoms with Crippen molar-refractivity contribution in [3.05, 3.63) is 30.3 Å². The van der Waals surface area contributed by atoms with Crippen LogP contribution in [0, 0.1) is 11.8 Å². The summed E-state index contributed by atoms with van der Waals surface area (Å²) in [7, 11) is -3.36. The van der Waals surface area contributed by atoms with Crippen molar-refractivity contribution in [1.29, 1.82) is 0 Å². The minimum atomic E-state index is -3.36. The molecule has 3 rings (SSSR count). The summed E-state index contributed by atoms with van der Waals surface area (Å²) in [4.78, 5) is 5.03. The number of hydrogen-bond donors (Lipinski definition) is 2. The van der Waals surface area contributed by atoms with Crippen LogP contribution in [0.5, 0.6) is 0 Å². The first-order valence-corrected chi connectivity index (χ1v) is 11.1. The lowest BCUT2D eigenvalue weighted by Gasteiger charge is -2.31. The Hall–Kier alpha value is -0.870. The number of guanidine groups is 1. The third-order valence-electron chi connectivity index (χ3n) is 5.06. The number of nitrogens with one attached hydrogen (secondary N) is 2. The van der Waals surface area contributed by atoms with Crippen LogP contribution in [-0.4, -0.2) is 51.4 Å². The van der Waals surface area contributed by atoms with Crippen molar-refractivity contribution < 1.29 is 8.42 Å². The van der Waals surface area contributed by atoms with Crippen molar-refractivity contribution >= 4 is 40.0 Å². The van der Waals surface area contributed by atoms with Gasteiger partial charge in [-0.3, -0.25) is 4.99 Å². The van der Waals surface area contributed by atoms with Gasteiger partial charge in [-0.15, -0.1) is 24.0 Å². The highest BCUT2D eigenvalue weighted by atomic mass is 127. The highest BCUT2D eigenvalue weighted by Crippen LogP contribution is 2.28. The van der Waals surface area contributed by atoms with E-state index in [-0.39, 0.29) is 24.0 Å². The molecule has 1 aliphatic heterocycles. The zero-order chi connectivity index (χ0) is 18.4. The summed E-state index contributed by atoms with van der Waals surface area (Å²) in [6, 6.07) is 8.72. The summed E-state index contributed by atoms with van der Waals surface area (Å²) in [6.07, 6.45) is 4.36. The SMILES string of the molecule is CCNC(=NCC1CC1)NCC1CCN(S(=O)(=O)c2ccccc2)CC1.I. The van der Waals surface area contributed by atoms with Crippen LogP contribution >= 0.6 is 24.0 Å². The third kappa shape index (κ3) is 6.60. The van der Waals surface area contributed by atoms with E-state index < -0.39 is 10.0 Å². The van der Waals surface area contributed by atoms with Gasteiger partial charge >= 0.3 is 0 Å². The second kappa shape index (κ2) is 10.6. The first kappa shape index (κ1) is 22.4. The van der Waals surface area contributed by atoms with E-state index in [1.165, 1.54) is 12.8 Å². The van der Waals surface area contributed by atoms with Crippen molar-refractivity contribution in [1.82, 2.24) is 14.9 Å². The van der Waals surface area contributed by atoms with Crippen molar-refractivity contribution in [3.63, 3.8) is 0 Å². The molecule has 0 aromatic heterocycles. The maximum Gasteiger partial charge on any atom is 0.243 e. The minimum absolute atomic E-state index is 0. The first-order valence-electron chi connectivity index (χ1n) is 9.67. The smallest absolute Gasteiger partial charge is 0.243 e. The number of aliphatic imine (C=N–C) groups is 1. The van der Waals surface area contributed by atoms with E-state index in [0.717, 1.165) is 44.4 Å². The van der Waals surface area contributed by atoms with E-state index in [1.54, 1.807) is 28.6 Å². The van der Waals surface area contributed by atoms with Crippen LogP contribution < -0.4 is 10.6 Å². The number of benzene rings is 1. The van der Waals surface area contributed by atoms with Crippen LogP contribution in [0.4, 0.5) is 0 Å². The molecular weight excluding hydrogens is 475 g/mol. The summed E-state index contributed by atoms with van der Waals surface area (Å²) in [5.74, 6) is 2.14. The molecule has 2 fully saturated rings. The molecule has 1 heterocycles. The molecule has 0 unspecified atom stereocenters. The molecule has 0 amide bonds. The summed E-state index contributed by atoms with van der Waals surface area (Å²) in [6.45, 7) is 5.84. The Balaban J connectivity index is 0.00000261. The Kier molecular flexibility index (Phi) is 8.81. The number of sulfonamides is 1. The Morgan fingerprint density at radius 3 is 2.33 bits per heavy atom. The number of rotatable bonds is 7. The fourth-order valence-electron chi connectivity index (χ4n) is 3.20. The predicted octanol–water partition coefficient (Wildman–Crippen LogP) is 2.67. The average Bonchev–Trinajstić information content (AvgIpc) is 3.49. The van der Waals surface area contributed by atoms with Gasteiger partial charge in [0.2, 0.25) is 10.0 Å². The summed E-state index contributed by atoms with van der Waals surface area (Å²) in [5, 5.41) is 6.72. The molecular formula is C19H31IN4O2S. The molecule has 27 heavy (non-hydrogen) atoms. The van der Waals surface area contributed by atoms with Crippen LogP contribution in [0.1, 0.15) is 32.6 Å². The summed E-state index contributed by atoms with van der Waals surface area (Å²) < 4.78 is 27.0. The molecule has 1 aromatic carbocycles. The summed E-state index contributed by atoms with van der Waals surface area (Å²) in [5.41, 5.74) is 0. The second-order valence-corrected chi connectivity index (χ2v) is 9.14. The lowest BCUT2D eigenvalue weighted by Crippen LogP contribution is -2.44. The lowest BCUT2D eigenvalue weighted by atomic mass is 9.98. The summed E-state index contributed by atoms with van der Waals surface area (Å²) >= 11 is 0. The normalized spacial score (nSPS) is 19.4. The van der Waals surface area contributed by atoms with Crippen molar-refractivity contribution in [2.24, 2.45) is 16.8 Å². The van der Waals surface area contributed by atoms with Gasteiger partial charge in [0.1, 0.15) is 0 Å². The van der Waals surface area contributed by atoms with Gasteiger partial charge in [0.15, 0.2) is 5.96 Å². The van der Waals surface area contributed by atoms with Gasteiger partial charge in [-0.05, 0) is 56.6 Å². The van der Waals surface area contributed by atoms with Crippen LogP contribution in [0.25, 0.3) is 0 Å². The zero-order valence-corrected chi connectivity index (χ0v) is 19.1. The average molecular weight is 506 g/mol. The van der Waals surface area contributed by atoms with E-state index in [2.05, 4.69) is 22.5 Å². The maximum absolute atomic E-state index is 12.7. The molecule has 8 heteroatoms. The Morgan fingerprint density at radius 1 is 1.07 bits per heavy atom. The Labute approximate surface area is 180 Å². The van der Waals surface area contributed by atoms with Gasteiger partial charge in [0.05, 0.1) is 4.90 Å². The van der Waals surface area contributed by atoms with E-state index in [0.29, 0.717) is 23.9 Å². The van der Waals surface area contributed by atoms with Crippen molar-refractivity contribution in [2.45, 2.75) is 37.5 Å². The van der Waals surface area contributed by atoms with Crippen LogP contribution in [-0.2, 0) is 10.0 Å². The molecule has 6 nitrogen and oxygen atoms in total. The molecule has 0 atom stereocenters. The number of hydrogen-bond acceptors (Lipinski definition) is 3. The van der Waals surface area contributed by atoms with Crippen LogP contribution in [0.3, 0.4) is 0 Å². The van der Waals surface area contributed by atoms with Crippen LogP contribution in [0.2, 0.25) is 0 Å². The number of nitrogens with zero attached hydrogens (tertiary/aromatic N) is 2. The zero-order valence-electron chi connectivity index (χ0n) is 15.9. The third-order valence-corrected chi connectivity index (χ3v) is 6.97. The van der Waals surface area contributed by atoms with Crippen molar-refractivity contribution in [3.8, 4) is 0 Å². The first-order chi connectivity index (χ1) is 12.6. The highest BCUT2D eigenvalue weighted by Gasteiger charge is 2.29. The van der Waals surface area contributed by atoms with E-state index >= 15 is 0 Å². The van der Waals surface area contributed by atoms with Crippen LogP contribution in [0.15, 0.2) is 40.2 Å². The van der Waals surface area contributed by atoms with E-state index in [9.17, 15) is 8.42 Å². The van der Waals surface area contributed by atoms with E-state index in [4.69, 9.17) is 0 Å². The molecule has 1 aliphatic carbocycles. The molecule has 1 saturated heterocycles. The van der Waals surface area contributed by atoms with Gasteiger partial charge in [-0.1, -0.05) is 18.2 Å². The molecule has 1 aromatic rings. The number of halogens is 1. The molecule has 0 bridgehead atoms. The Bertz CT molecular complexity index is 700. The molecule has 1 saturated carbocycles. The van der Waals surface area contributed by atoms with Gasteiger partial charge < -0.3 is 10.6 Å². The minimum Gasteiger partial charge on any atom is -0.357 e. The predicted molar refractivity (Wildman–Crippen MR) is 120 cm³/mol. The highest BCUT2D eigenvalue weighted by molar-refractivity contribution is 14.0. The maximum atomic E-state index is 12.7. The lowest BCUT2D eigenvalue weighted by molar-refractivity contribution is 0.273. The van der Waals surface area contributed by atoms with Gasteiger partial charge in [-0.25, -0.2) is 8.42 Å². The fraction of sp³-hybridized carbons (Fsp3) is 0.632. The molecule has 0 radical (unpaired) electrons. The fourth-order valence-corrected chi connectivity index (χ4v) is 4.69. The van der Waals surface area contributed by atoms with Crippen molar-refractivity contribution in [2.75, 3.05) is 32.7 Å². The number of piperidine rings is 1. The van der Waals surface area contributed by atoms with E-state index in [1.807, 2.05) is 6.07 Å². The molecule has 0 spiro atoms. The second-order valence-electron chi connectivity index (χ2n) is 7.20. The Morgan fingerprint density at radius 2 is 1.74 bits per heavy atom. The largest absolute Gasteiger partial charge is 0.357 e. The molecule has 2 N–H and O–H groups in total. The molecule has 2 aliphatic rings. The van der Waals surface area contributed by atoms with Gasteiger partial charge in [0, 0.05) is 32.7 Å². The topological polar surface area (TPSA) is 73.8 Å². The quantitative estimate of drug-likeness (QED) is 0.339. The van der Waals surface area contributed by atoms with Gasteiger partial charge in [0.25, 0.3) is 0 Å². The molecule has 152 valence electrons. The van der Waals surface area contributed by atoms with Gasteiger partial charge in [-0.2, -0.15) is 4.31 Å². The monoisotopic (exact) mass is 506 g/mol. The standard InChI is InChI=1S/C19H30N4O2S.HI/c1-2-20-19(21-14-16-8-9-16)22-15-17-10-12-23(13-11-17)26(24,25)18-6-4-3-5-7-18;/h3-7,16-17H,2,8-15H2,1H3,(H2,20,21,22);1H.